The molecule has 0 spiro atoms. The van der Waals surface area contributed by atoms with Crippen molar-refractivity contribution in [1.29, 1.82) is 0 Å². The molecular weight excluding hydrogens is 400 g/mol. The molecule has 28 heavy (non-hydrogen) atoms. The van der Waals surface area contributed by atoms with Gasteiger partial charge in [0.15, 0.2) is 6.61 Å². The van der Waals surface area contributed by atoms with E-state index >= 15 is 0 Å². The fourth-order valence-corrected chi connectivity index (χ4v) is 5.56. The normalized spacial score (nSPS) is 19.3. The first-order valence-corrected chi connectivity index (χ1v) is 12.0. The summed E-state index contributed by atoms with van der Waals surface area (Å²) in [6.07, 6.45) is 10.5. The number of rotatable bonds is 7. The number of sulfonamides is 1. The molecule has 0 aromatic heterocycles. The predicted molar refractivity (Wildman–Crippen MR) is 109 cm³/mol. The number of amides is 1. The summed E-state index contributed by atoms with van der Waals surface area (Å²) in [7, 11) is -3.62. The molecule has 156 valence electrons. The highest BCUT2D eigenvalue weighted by Gasteiger charge is 2.23. The third-order valence-electron chi connectivity index (χ3n) is 5.47. The maximum atomic E-state index is 12.6. The van der Waals surface area contributed by atoms with Crippen molar-refractivity contribution in [3.63, 3.8) is 0 Å². The zero-order valence-corrected chi connectivity index (χ0v) is 17.7. The van der Waals surface area contributed by atoms with Crippen LogP contribution in [-0.4, -0.2) is 33.0 Å². The molecule has 2 aliphatic rings. The van der Waals surface area contributed by atoms with Gasteiger partial charge in [-0.1, -0.05) is 50.1 Å². The topological polar surface area (TPSA) is 84.5 Å². The van der Waals surface area contributed by atoms with Crippen molar-refractivity contribution in [3.05, 3.63) is 23.2 Å². The predicted octanol–water partition coefficient (Wildman–Crippen LogP) is 3.78. The minimum absolute atomic E-state index is 0.0167. The Morgan fingerprint density at radius 1 is 1.00 bits per heavy atom. The van der Waals surface area contributed by atoms with Gasteiger partial charge < -0.3 is 10.1 Å². The Labute approximate surface area is 172 Å². The van der Waals surface area contributed by atoms with E-state index in [1.165, 1.54) is 24.6 Å². The molecule has 1 aromatic carbocycles. The molecule has 0 aliphatic heterocycles. The average molecular weight is 429 g/mol. The lowest BCUT2D eigenvalue weighted by Crippen LogP contribution is -2.39. The summed E-state index contributed by atoms with van der Waals surface area (Å²) in [4.78, 5) is 12.2. The van der Waals surface area contributed by atoms with Gasteiger partial charge in [-0.25, -0.2) is 13.1 Å². The average Bonchev–Trinajstić information content (AvgIpc) is 2.68. The van der Waals surface area contributed by atoms with Crippen LogP contribution in [0.25, 0.3) is 0 Å². The second-order valence-corrected chi connectivity index (χ2v) is 9.86. The van der Waals surface area contributed by atoms with Gasteiger partial charge in [0, 0.05) is 12.1 Å². The van der Waals surface area contributed by atoms with Crippen LogP contribution in [-0.2, 0) is 14.8 Å². The van der Waals surface area contributed by atoms with Crippen LogP contribution in [0.3, 0.4) is 0 Å². The van der Waals surface area contributed by atoms with Gasteiger partial charge in [-0.2, -0.15) is 0 Å². The maximum absolute atomic E-state index is 12.6. The van der Waals surface area contributed by atoms with E-state index in [2.05, 4.69) is 10.0 Å². The van der Waals surface area contributed by atoms with Crippen LogP contribution in [0.2, 0.25) is 5.02 Å². The Hall–Kier alpha value is -1.31. The van der Waals surface area contributed by atoms with Gasteiger partial charge in [0.1, 0.15) is 5.75 Å². The Kier molecular flexibility index (Phi) is 7.60. The minimum Gasteiger partial charge on any atom is -0.482 e. The van der Waals surface area contributed by atoms with E-state index in [1.807, 2.05) is 0 Å². The number of nitrogens with one attached hydrogen (secondary N) is 2. The molecule has 0 unspecified atom stereocenters. The van der Waals surface area contributed by atoms with Gasteiger partial charge in [0.25, 0.3) is 5.91 Å². The SMILES string of the molecule is O=C(COc1ccc(S(=O)(=O)NC2CCCCC2)cc1Cl)NC1CCCCC1. The number of carbonyl (C=O) groups excluding carboxylic acids is 1. The molecule has 2 saturated carbocycles. The quantitative estimate of drug-likeness (QED) is 0.692. The Bertz CT molecular complexity index is 772. The molecule has 3 rings (SSSR count). The smallest absolute Gasteiger partial charge is 0.258 e. The third-order valence-corrected chi connectivity index (χ3v) is 7.28. The van der Waals surface area contributed by atoms with Crippen LogP contribution < -0.4 is 14.8 Å². The molecule has 2 N–H and O–H groups in total. The van der Waals surface area contributed by atoms with Gasteiger partial charge in [-0.05, 0) is 43.9 Å². The molecular formula is C20H29ClN2O4S. The lowest BCUT2D eigenvalue weighted by Gasteiger charge is -2.23. The molecule has 1 amide bonds. The first kappa shape index (κ1) is 21.4. The zero-order chi connectivity index (χ0) is 20.0. The summed E-state index contributed by atoms with van der Waals surface area (Å²) in [5.41, 5.74) is 0. The van der Waals surface area contributed by atoms with Gasteiger partial charge in [-0.3, -0.25) is 4.79 Å². The van der Waals surface area contributed by atoms with Crippen LogP contribution in [0, 0.1) is 0 Å². The highest BCUT2D eigenvalue weighted by molar-refractivity contribution is 7.89. The standard InChI is InChI=1S/C20H29ClN2O4S/c21-18-13-17(28(25,26)23-16-9-5-2-6-10-16)11-12-19(18)27-14-20(24)22-15-7-3-1-4-8-15/h11-13,15-16,23H,1-10,14H2,(H,22,24). The van der Waals surface area contributed by atoms with E-state index in [9.17, 15) is 13.2 Å². The van der Waals surface area contributed by atoms with E-state index in [0.717, 1.165) is 57.8 Å². The van der Waals surface area contributed by atoms with Crippen molar-refractivity contribution in [2.45, 2.75) is 81.2 Å². The van der Waals surface area contributed by atoms with E-state index in [0.29, 0.717) is 5.75 Å². The fraction of sp³-hybridized carbons (Fsp3) is 0.650. The second-order valence-electron chi connectivity index (χ2n) is 7.74. The van der Waals surface area contributed by atoms with Crippen LogP contribution >= 0.6 is 11.6 Å². The second kappa shape index (κ2) is 9.94. The number of carbonyl (C=O) groups is 1. The molecule has 0 bridgehead atoms. The van der Waals surface area contributed by atoms with Crippen LogP contribution in [0.4, 0.5) is 0 Å². The van der Waals surface area contributed by atoms with Crippen molar-refractivity contribution >= 4 is 27.5 Å². The van der Waals surface area contributed by atoms with Crippen molar-refractivity contribution in [2.24, 2.45) is 0 Å². The summed E-state index contributed by atoms with van der Waals surface area (Å²) in [5.74, 6) is 0.121. The van der Waals surface area contributed by atoms with Crippen molar-refractivity contribution in [3.8, 4) is 5.75 Å². The summed E-state index contributed by atoms with van der Waals surface area (Å²) in [6, 6.07) is 4.55. The molecule has 0 atom stereocenters. The molecule has 8 heteroatoms. The van der Waals surface area contributed by atoms with Gasteiger partial charge in [0.05, 0.1) is 9.92 Å². The largest absolute Gasteiger partial charge is 0.482 e. The minimum atomic E-state index is -3.62. The van der Waals surface area contributed by atoms with Crippen molar-refractivity contribution < 1.29 is 17.9 Å². The monoisotopic (exact) mass is 428 g/mol. The summed E-state index contributed by atoms with van der Waals surface area (Å²) in [5, 5.41) is 3.15. The molecule has 2 fully saturated rings. The highest BCUT2D eigenvalue weighted by atomic mass is 35.5. The maximum Gasteiger partial charge on any atom is 0.258 e. The van der Waals surface area contributed by atoms with Gasteiger partial charge in [0.2, 0.25) is 10.0 Å². The molecule has 2 aliphatic carbocycles. The Balaban J connectivity index is 1.54. The van der Waals surface area contributed by atoms with E-state index in [4.69, 9.17) is 16.3 Å². The third kappa shape index (κ3) is 6.09. The van der Waals surface area contributed by atoms with Crippen molar-refractivity contribution in [2.75, 3.05) is 6.61 Å². The van der Waals surface area contributed by atoms with Gasteiger partial charge >= 0.3 is 0 Å². The molecule has 0 heterocycles. The number of hydrogen-bond donors (Lipinski definition) is 2. The zero-order valence-electron chi connectivity index (χ0n) is 16.1. The molecule has 0 saturated heterocycles. The van der Waals surface area contributed by atoms with Crippen LogP contribution in [0.1, 0.15) is 64.2 Å². The fourth-order valence-electron chi connectivity index (χ4n) is 3.93. The van der Waals surface area contributed by atoms with Crippen LogP contribution in [0.15, 0.2) is 23.1 Å². The first-order valence-electron chi connectivity index (χ1n) is 10.2. The van der Waals surface area contributed by atoms with Crippen LogP contribution in [0.5, 0.6) is 5.75 Å². The molecule has 0 radical (unpaired) electrons. The Morgan fingerprint density at radius 3 is 2.21 bits per heavy atom. The first-order chi connectivity index (χ1) is 13.4. The van der Waals surface area contributed by atoms with Gasteiger partial charge in [-0.15, -0.1) is 0 Å². The lowest BCUT2D eigenvalue weighted by atomic mass is 9.95. The Morgan fingerprint density at radius 2 is 1.61 bits per heavy atom. The summed E-state index contributed by atoms with van der Waals surface area (Å²) >= 11 is 6.20. The lowest BCUT2D eigenvalue weighted by molar-refractivity contribution is -0.124. The van der Waals surface area contributed by atoms with E-state index in [1.54, 1.807) is 0 Å². The number of halogens is 1. The number of benzene rings is 1. The molecule has 6 nitrogen and oxygen atoms in total. The highest BCUT2D eigenvalue weighted by Crippen LogP contribution is 2.28. The summed E-state index contributed by atoms with van der Waals surface area (Å²) < 4.78 is 33.4. The number of ether oxygens (including phenoxy) is 1. The van der Waals surface area contributed by atoms with E-state index < -0.39 is 10.0 Å². The van der Waals surface area contributed by atoms with E-state index in [-0.39, 0.29) is 34.5 Å². The van der Waals surface area contributed by atoms with Crippen molar-refractivity contribution in [1.82, 2.24) is 10.0 Å². The summed E-state index contributed by atoms with van der Waals surface area (Å²) in [6.45, 7) is -0.136. The number of hydrogen-bond acceptors (Lipinski definition) is 4. The molecule has 1 aromatic rings.